The zero-order valence-electron chi connectivity index (χ0n) is 13.5. The Labute approximate surface area is 136 Å². The Bertz CT molecular complexity index is 648. The molecular formula is C19H21NO3. The molecule has 0 amide bonds. The van der Waals surface area contributed by atoms with Crippen LogP contribution < -0.4 is 4.74 Å². The molecular weight excluding hydrogens is 290 g/mol. The first-order valence-electron chi connectivity index (χ1n) is 7.64. The molecule has 0 aliphatic rings. The summed E-state index contributed by atoms with van der Waals surface area (Å²) in [4.78, 5) is 15.8. The number of nitrogens with zero attached hydrogens (tertiary/aromatic N) is 1. The molecule has 0 N–H and O–H groups in total. The second-order valence-corrected chi connectivity index (χ2v) is 5.10. The molecule has 2 aromatic rings. The van der Waals surface area contributed by atoms with E-state index in [1.165, 1.54) is 0 Å². The fourth-order valence-electron chi connectivity index (χ4n) is 2.04. The van der Waals surface area contributed by atoms with Gasteiger partial charge in [0, 0.05) is 5.71 Å². The Kier molecular flexibility index (Phi) is 6.36. The number of carbonyl (C=O) groups is 1. The number of hydrogen-bond donors (Lipinski definition) is 0. The number of ether oxygens (including phenoxy) is 2. The summed E-state index contributed by atoms with van der Waals surface area (Å²) in [6.45, 7) is 4.53. The number of rotatable bonds is 7. The smallest absolute Gasteiger partial charge is 0.311 e. The van der Waals surface area contributed by atoms with Gasteiger partial charge in [-0.2, -0.15) is 0 Å². The van der Waals surface area contributed by atoms with Gasteiger partial charge in [0.15, 0.2) is 0 Å². The molecule has 23 heavy (non-hydrogen) atoms. The van der Waals surface area contributed by atoms with Gasteiger partial charge in [-0.1, -0.05) is 30.3 Å². The molecule has 120 valence electrons. The van der Waals surface area contributed by atoms with E-state index in [2.05, 4.69) is 4.99 Å². The molecule has 2 aromatic carbocycles. The Hall–Kier alpha value is -2.62. The predicted octanol–water partition coefficient (Wildman–Crippen LogP) is 4.31. The fraction of sp³-hybridized carbons (Fsp3) is 0.263. The molecule has 4 heteroatoms. The van der Waals surface area contributed by atoms with Crippen molar-refractivity contribution in [3.8, 4) is 5.75 Å². The molecule has 0 saturated heterocycles. The number of aliphatic imine (C=N–C) groups is 1. The monoisotopic (exact) mass is 311 g/mol. The van der Waals surface area contributed by atoms with E-state index in [9.17, 15) is 4.79 Å². The molecule has 0 aromatic heterocycles. The summed E-state index contributed by atoms with van der Waals surface area (Å²) < 4.78 is 10.6. The number of esters is 1. The van der Waals surface area contributed by atoms with Crippen LogP contribution in [0.2, 0.25) is 0 Å². The van der Waals surface area contributed by atoms with Crippen molar-refractivity contribution >= 4 is 17.4 Å². The first-order chi connectivity index (χ1) is 11.2. The van der Waals surface area contributed by atoms with Gasteiger partial charge in [0.05, 0.1) is 18.7 Å². The summed E-state index contributed by atoms with van der Waals surface area (Å²) in [5.74, 6) is 0.535. The maximum Gasteiger partial charge on any atom is 0.311 e. The molecule has 0 unspecified atom stereocenters. The van der Waals surface area contributed by atoms with Crippen LogP contribution in [0.1, 0.15) is 25.8 Å². The summed E-state index contributed by atoms with van der Waals surface area (Å²) in [5, 5.41) is 0. The summed E-state index contributed by atoms with van der Waals surface area (Å²) in [6, 6.07) is 17.5. The van der Waals surface area contributed by atoms with E-state index in [0.29, 0.717) is 13.2 Å². The van der Waals surface area contributed by atoms with E-state index in [4.69, 9.17) is 9.47 Å². The maximum absolute atomic E-state index is 11.4. The van der Waals surface area contributed by atoms with Gasteiger partial charge in [0.1, 0.15) is 12.4 Å². The molecule has 0 saturated carbocycles. The first kappa shape index (κ1) is 16.7. The molecule has 2 rings (SSSR count). The van der Waals surface area contributed by atoms with Crippen molar-refractivity contribution in [3.05, 3.63) is 60.2 Å². The summed E-state index contributed by atoms with van der Waals surface area (Å²) in [7, 11) is 0. The number of carbonyl (C=O) groups excluding carboxylic acids is 1. The third kappa shape index (κ3) is 5.94. The highest BCUT2D eigenvalue weighted by Gasteiger charge is 2.04. The van der Waals surface area contributed by atoms with E-state index in [1.807, 2.05) is 61.5 Å². The second kappa shape index (κ2) is 8.73. The largest absolute Gasteiger partial charge is 0.489 e. The normalized spacial score (nSPS) is 11.1. The molecule has 0 radical (unpaired) electrons. The van der Waals surface area contributed by atoms with Gasteiger partial charge < -0.3 is 9.47 Å². The molecule has 0 spiro atoms. The lowest BCUT2D eigenvalue weighted by atomic mass is 10.2. The molecule has 0 fully saturated rings. The zero-order chi connectivity index (χ0) is 16.5. The van der Waals surface area contributed by atoms with Gasteiger partial charge in [0.2, 0.25) is 0 Å². The van der Waals surface area contributed by atoms with Gasteiger partial charge >= 0.3 is 5.97 Å². The van der Waals surface area contributed by atoms with Gasteiger partial charge in [-0.3, -0.25) is 9.79 Å². The topological polar surface area (TPSA) is 47.9 Å². The van der Waals surface area contributed by atoms with Crippen LogP contribution in [0.3, 0.4) is 0 Å². The molecule has 0 heterocycles. The van der Waals surface area contributed by atoms with Crippen LogP contribution in [-0.2, 0) is 16.1 Å². The van der Waals surface area contributed by atoms with Gasteiger partial charge in [-0.25, -0.2) is 0 Å². The third-order valence-corrected chi connectivity index (χ3v) is 3.11. The minimum Gasteiger partial charge on any atom is -0.489 e. The molecule has 0 bridgehead atoms. The van der Waals surface area contributed by atoms with Gasteiger partial charge in [0.25, 0.3) is 0 Å². The third-order valence-electron chi connectivity index (χ3n) is 3.11. The Morgan fingerprint density at radius 3 is 2.39 bits per heavy atom. The second-order valence-electron chi connectivity index (χ2n) is 5.10. The van der Waals surface area contributed by atoms with Crippen LogP contribution in [0.5, 0.6) is 5.75 Å². The van der Waals surface area contributed by atoms with Crippen LogP contribution in [0.4, 0.5) is 5.69 Å². The maximum atomic E-state index is 11.4. The average Bonchev–Trinajstić information content (AvgIpc) is 2.55. The molecule has 4 nitrogen and oxygen atoms in total. The van der Waals surface area contributed by atoms with E-state index in [0.717, 1.165) is 22.7 Å². The molecule has 0 aliphatic heterocycles. The van der Waals surface area contributed by atoms with Crippen LogP contribution in [-0.4, -0.2) is 18.3 Å². The minimum atomic E-state index is -0.253. The average molecular weight is 311 g/mol. The van der Waals surface area contributed by atoms with E-state index >= 15 is 0 Å². The Balaban J connectivity index is 1.90. The highest BCUT2D eigenvalue weighted by atomic mass is 16.5. The van der Waals surface area contributed by atoms with Crippen molar-refractivity contribution in [3.63, 3.8) is 0 Å². The van der Waals surface area contributed by atoms with Crippen molar-refractivity contribution < 1.29 is 14.3 Å². The predicted molar refractivity (Wildman–Crippen MR) is 91.2 cm³/mol. The highest BCUT2D eigenvalue weighted by Crippen LogP contribution is 2.19. The quantitative estimate of drug-likeness (QED) is 0.565. The van der Waals surface area contributed by atoms with Crippen molar-refractivity contribution in [2.75, 3.05) is 6.61 Å². The molecule has 0 aliphatic carbocycles. The number of benzene rings is 2. The standard InChI is InChI=1S/C19H21NO3/c1-3-22-19(21)13-15(2)20-17-9-11-18(12-10-17)23-14-16-7-5-4-6-8-16/h4-12H,3,13-14H2,1-2H3. The zero-order valence-corrected chi connectivity index (χ0v) is 13.5. The van der Waals surface area contributed by atoms with E-state index in [-0.39, 0.29) is 12.4 Å². The summed E-state index contributed by atoms with van der Waals surface area (Å²) in [5.41, 5.74) is 2.64. The van der Waals surface area contributed by atoms with Crippen molar-refractivity contribution in [2.24, 2.45) is 4.99 Å². The van der Waals surface area contributed by atoms with Crippen LogP contribution in [0, 0.1) is 0 Å². The lowest BCUT2D eigenvalue weighted by Gasteiger charge is -2.06. The van der Waals surface area contributed by atoms with Crippen LogP contribution in [0.25, 0.3) is 0 Å². The Morgan fingerprint density at radius 1 is 1.04 bits per heavy atom. The van der Waals surface area contributed by atoms with E-state index in [1.54, 1.807) is 6.92 Å². The SMILES string of the molecule is CCOC(=O)CC(C)=Nc1ccc(OCc2ccccc2)cc1. The van der Waals surface area contributed by atoms with E-state index < -0.39 is 0 Å². The summed E-state index contributed by atoms with van der Waals surface area (Å²) >= 11 is 0. The van der Waals surface area contributed by atoms with Crippen molar-refractivity contribution in [2.45, 2.75) is 26.9 Å². The fourth-order valence-corrected chi connectivity index (χ4v) is 2.04. The minimum absolute atomic E-state index is 0.208. The van der Waals surface area contributed by atoms with Crippen LogP contribution >= 0.6 is 0 Å². The first-order valence-corrected chi connectivity index (χ1v) is 7.64. The van der Waals surface area contributed by atoms with Crippen molar-refractivity contribution in [1.82, 2.24) is 0 Å². The van der Waals surface area contributed by atoms with Crippen LogP contribution in [0.15, 0.2) is 59.6 Å². The lowest BCUT2D eigenvalue weighted by Crippen LogP contribution is -2.08. The summed E-state index contributed by atoms with van der Waals surface area (Å²) in [6.07, 6.45) is 0.208. The van der Waals surface area contributed by atoms with Crippen molar-refractivity contribution in [1.29, 1.82) is 0 Å². The van der Waals surface area contributed by atoms with Gasteiger partial charge in [-0.05, 0) is 43.7 Å². The molecule has 0 atom stereocenters. The Morgan fingerprint density at radius 2 is 1.74 bits per heavy atom. The highest BCUT2D eigenvalue weighted by molar-refractivity contribution is 5.98. The number of hydrogen-bond acceptors (Lipinski definition) is 4. The lowest BCUT2D eigenvalue weighted by molar-refractivity contribution is -0.141. The van der Waals surface area contributed by atoms with Gasteiger partial charge in [-0.15, -0.1) is 0 Å².